The summed E-state index contributed by atoms with van der Waals surface area (Å²) >= 11 is 0. The van der Waals surface area contributed by atoms with Crippen LogP contribution in [-0.2, 0) is 9.59 Å². The van der Waals surface area contributed by atoms with E-state index in [2.05, 4.69) is 15.8 Å². The molecule has 1 aliphatic rings. The van der Waals surface area contributed by atoms with Crippen molar-refractivity contribution < 1.29 is 18.5 Å². The maximum atomic E-state index is 13.2. The highest BCUT2D eigenvalue weighted by Gasteiger charge is 2.30. The predicted molar refractivity (Wildman–Crippen MR) is 90.3 cm³/mol. The number of nitrogens with zero attached hydrogens (tertiary/aromatic N) is 1. The van der Waals surface area contributed by atoms with Crippen molar-refractivity contribution in [2.75, 3.05) is 10.6 Å². The molecule has 1 aromatic heterocycles. The van der Waals surface area contributed by atoms with Crippen LogP contribution in [0.2, 0.25) is 0 Å². The van der Waals surface area contributed by atoms with E-state index in [1.165, 1.54) is 12.1 Å². The number of hydrogen-bond donors (Lipinski definition) is 2. The second-order valence-electron chi connectivity index (χ2n) is 6.36. The summed E-state index contributed by atoms with van der Waals surface area (Å²) in [4.78, 5) is 24.5. The molecule has 0 saturated heterocycles. The molecule has 0 aliphatic heterocycles. The Kier molecular flexibility index (Phi) is 5.11. The molecule has 2 amide bonds. The van der Waals surface area contributed by atoms with Crippen molar-refractivity contribution in [2.24, 2.45) is 11.8 Å². The van der Waals surface area contributed by atoms with Gasteiger partial charge in [0, 0.05) is 23.6 Å². The molecule has 1 aliphatic carbocycles. The number of aromatic nitrogens is 1. The molecule has 0 atom stereocenters. The minimum atomic E-state index is -0.388. The van der Waals surface area contributed by atoms with Crippen LogP contribution in [0.5, 0.6) is 0 Å². The highest BCUT2D eigenvalue weighted by molar-refractivity contribution is 5.94. The lowest BCUT2D eigenvalue weighted by atomic mass is 9.81. The van der Waals surface area contributed by atoms with Crippen molar-refractivity contribution in [3.05, 3.63) is 41.9 Å². The Labute approximate surface area is 144 Å². The number of anilines is 2. The number of aryl methyl sites for hydroxylation is 1. The number of carbonyl (C=O) groups is 2. The SMILES string of the molecule is Cc1cc(NC(=O)C2CCC(C(=O)Nc3cccc(F)c3)CC2)no1. The number of rotatable bonds is 4. The second-order valence-corrected chi connectivity index (χ2v) is 6.36. The van der Waals surface area contributed by atoms with Gasteiger partial charge >= 0.3 is 0 Å². The first kappa shape index (κ1) is 17.1. The first-order valence-corrected chi connectivity index (χ1v) is 8.32. The lowest BCUT2D eigenvalue weighted by molar-refractivity contribution is -0.125. The van der Waals surface area contributed by atoms with Crippen LogP contribution >= 0.6 is 0 Å². The molecular weight excluding hydrogens is 325 g/mol. The van der Waals surface area contributed by atoms with E-state index in [0.29, 0.717) is 42.9 Å². The van der Waals surface area contributed by atoms with Crippen LogP contribution in [0, 0.1) is 24.6 Å². The largest absolute Gasteiger partial charge is 0.360 e. The minimum Gasteiger partial charge on any atom is -0.360 e. The van der Waals surface area contributed by atoms with Gasteiger partial charge in [-0.1, -0.05) is 11.2 Å². The molecule has 1 heterocycles. The van der Waals surface area contributed by atoms with Crippen LogP contribution in [0.3, 0.4) is 0 Å². The van der Waals surface area contributed by atoms with Gasteiger partial charge in [0.1, 0.15) is 11.6 Å². The van der Waals surface area contributed by atoms with Gasteiger partial charge in [-0.3, -0.25) is 9.59 Å². The number of amides is 2. The van der Waals surface area contributed by atoms with Crippen molar-refractivity contribution in [1.29, 1.82) is 0 Å². The zero-order valence-electron chi connectivity index (χ0n) is 13.9. The van der Waals surface area contributed by atoms with Gasteiger partial charge in [-0.05, 0) is 50.8 Å². The van der Waals surface area contributed by atoms with Crippen LogP contribution in [0.1, 0.15) is 31.4 Å². The van der Waals surface area contributed by atoms with Crippen molar-refractivity contribution in [1.82, 2.24) is 5.16 Å². The van der Waals surface area contributed by atoms with E-state index in [1.54, 1.807) is 25.1 Å². The van der Waals surface area contributed by atoms with Gasteiger partial charge in [0.05, 0.1) is 0 Å². The summed E-state index contributed by atoms with van der Waals surface area (Å²) in [7, 11) is 0. The highest BCUT2D eigenvalue weighted by Crippen LogP contribution is 2.30. The third-order valence-electron chi connectivity index (χ3n) is 4.44. The van der Waals surface area contributed by atoms with E-state index in [-0.39, 0.29) is 29.5 Å². The Morgan fingerprint density at radius 1 is 1.08 bits per heavy atom. The third kappa shape index (κ3) is 4.43. The third-order valence-corrected chi connectivity index (χ3v) is 4.44. The fourth-order valence-electron chi connectivity index (χ4n) is 3.08. The molecule has 25 heavy (non-hydrogen) atoms. The Morgan fingerprint density at radius 3 is 2.28 bits per heavy atom. The Bertz CT molecular complexity index is 766. The van der Waals surface area contributed by atoms with Gasteiger partial charge in [-0.15, -0.1) is 0 Å². The average molecular weight is 345 g/mol. The summed E-state index contributed by atoms with van der Waals surface area (Å²) in [6, 6.07) is 7.49. The molecule has 7 heteroatoms. The molecule has 1 fully saturated rings. The van der Waals surface area contributed by atoms with E-state index in [4.69, 9.17) is 4.52 Å². The van der Waals surface area contributed by atoms with Crippen molar-refractivity contribution in [3.8, 4) is 0 Å². The number of halogens is 1. The van der Waals surface area contributed by atoms with Crippen LogP contribution in [0.4, 0.5) is 15.9 Å². The summed E-state index contributed by atoms with van der Waals surface area (Å²) in [5.41, 5.74) is 0.450. The number of nitrogens with one attached hydrogen (secondary N) is 2. The molecule has 132 valence electrons. The first-order chi connectivity index (χ1) is 12.0. The van der Waals surface area contributed by atoms with Crippen LogP contribution in [0.15, 0.2) is 34.9 Å². The monoisotopic (exact) mass is 345 g/mol. The molecule has 0 unspecified atom stereocenters. The van der Waals surface area contributed by atoms with Crippen LogP contribution in [-0.4, -0.2) is 17.0 Å². The van der Waals surface area contributed by atoms with Gasteiger partial charge in [0.25, 0.3) is 0 Å². The number of benzene rings is 1. The maximum absolute atomic E-state index is 13.2. The Balaban J connectivity index is 1.49. The van der Waals surface area contributed by atoms with Crippen molar-refractivity contribution >= 4 is 23.3 Å². The second kappa shape index (κ2) is 7.46. The fourth-order valence-corrected chi connectivity index (χ4v) is 3.08. The van der Waals surface area contributed by atoms with E-state index in [0.717, 1.165) is 0 Å². The molecule has 2 N–H and O–H groups in total. The van der Waals surface area contributed by atoms with Crippen LogP contribution < -0.4 is 10.6 Å². The van der Waals surface area contributed by atoms with Crippen LogP contribution in [0.25, 0.3) is 0 Å². The van der Waals surface area contributed by atoms with Crippen molar-refractivity contribution in [2.45, 2.75) is 32.6 Å². The molecule has 1 saturated carbocycles. The zero-order valence-corrected chi connectivity index (χ0v) is 13.9. The Hall–Kier alpha value is -2.70. The van der Waals surface area contributed by atoms with E-state index >= 15 is 0 Å². The smallest absolute Gasteiger partial charge is 0.228 e. The molecule has 0 spiro atoms. The number of hydrogen-bond acceptors (Lipinski definition) is 4. The van der Waals surface area contributed by atoms with Gasteiger partial charge in [0.15, 0.2) is 5.82 Å². The lowest BCUT2D eigenvalue weighted by Crippen LogP contribution is -2.32. The lowest BCUT2D eigenvalue weighted by Gasteiger charge is -2.26. The standard InChI is InChI=1S/C18H20FN3O3/c1-11-9-16(22-25-11)21-18(24)13-7-5-12(6-8-13)17(23)20-15-4-2-3-14(19)10-15/h2-4,9-10,12-13H,5-8H2,1H3,(H,20,23)(H,21,22,24). The van der Waals surface area contributed by atoms with Crippen molar-refractivity contribution in [3.63, 3.8) is 0 Å². The fraction of sp³-hybridized carbons (Fsp3) is 0.389. The minimum absolute atomic E-state index is 0.0997. The highest BCUT2D eigenvalue weighted by atomic mass is 19.1. The summed E-state index contributed by atoms with van der Waals surface area (Å²) in [5.74, 6) is 0.119. The summed E-state index contributed by atoms with van der Waals surface area (Å²) in [6.45, 7) is 1.76. The van der Waals surface area contributed by atoms with E-state index in [9.17, 15) is 14.0 Å². The van der Waals surface area contributed by atoms with Gasteiger partial charge in [-0.25, -0.2) is 4.39 Å². The van der Waals surface area contributed by atoms with Gasteiger partial charge < -0.3 is 15.2 Å². The molecule has 1 aromatic carbocycles. The van der Waals surface area contributed by atoms with E-state index < -0.39 is 0 Å². The topological polar surface area (TPSA) is 84.2 Å². The maximum Gasteiger partial charge on any atom is 0.228 e. The zero-order chi connectivity index (χ0) is 17.8. The summed E-state index contributed by atoms with van der Waals surface area (Å²) in [5, 5.41) is 9.22. The van der Waals surface area contributed by atoms with Gasteiger partial charge in [0.2, 0.25) is 11.8 Å². The quantitative estimate of drug-likeness (QED) is 0.888. The average Bonchev–Trinajstić information content (AvgIpc) is 3.00. The predicted octanol–water partition coefficient (Wildman–Crippen LogP) is 3.51. The normalized spacial score (nSPS) is 20.1. The molecular formula is C18H20FN3O3. The summed E-state index contributed by atoms with van der Waals surface area (Å²) in [6.07, 6.45) is 2.50. The first-order valence-electron chi connectivity index (χ1n) is 8.32. The molecule has 2 aromatic rings. The van der Waals surface area contributed by atoms with Gasteiger partial charge in [-0.2, -0.15) is 0 Å². The van der Waals surface area contributed by atoms with E-state index in [1.807, 2.05) is 0 Å². The summed E-state index contributed by atoms with van der Waals surface area (Å²) < 4.78 is 18.1. The molecule has 3 rings (SSSR count). The Morgan fingerprint density at radius 2 is 1.72 bits per heavy atom. The number of carbonyl (C=O) groups excluding carboxylic acids is 2. The molecule has 0 bridgehead atoms. The molecule has 6 nitrogen and oxygen atoms in total. The molecule has 0 radical (unpaired) electrons.